The second-order valence-electron chi connectivity index (χ2n) is 4.34. The fraction of sp³-hybridized carbons (Fsp3) is 0.333. The number of hydrogen-bond acceptors (Lipinski definition) is 3. The average Bonchev–Trinajstić information content (AvgIpc) is 2.89. The van der Waals surface area contributed by atoms with Crippen molar-refractivity contribution in [3.05, 3.63) is 50.1 Å². The van der Waals surface area contributed by atoms with Crippen molar-refractivity contribution >= 4 is 27.3 Å². The smallest absolute Gasteiger partial charge is 0.119 e. The Morgan fingerprint density at radius 3 is 2.79 bits per heavy atom. The number of aliphatic hydroxyl groups is 1. The van der Waals surface area contributed by atoms with Crippen molar-refractivity contribution in [1.82, 2.24) is 0 Å². The summed E-state index contributed by atoms with van der Waals surface area (Å²) in [5, 5.41) is 12.5. The molecule has 1 N–H and O–H groups in total. The summed E-state index contributed by atoms with van der Waals surface area (Å²) in [6.45, 7) is 2.11. The summed E-state index contributed by atoms with van der Waals surface area (Å²) in [5.74, 6) is 0.812. The minimum absolute atomic E-state index is 0.460. The summed E-state index contributed by atoms with van der Waals surface area (Å²) >= 11 is 5.14. The van der Waals surface area contributed by atoms with Crippen molar-refractivity contribution in [2.75, 3.05) is 7.11 Å². The minimum Gasteiger partial charge on any atom is -0.497 e. The van der Waals surface area contributed by atoms with Crippen molar-refractivity contribution in [3.8, 4) is 5.75 Å². The van der Waals surface area contributed by atoms with E-state index in [1.54, 1.807) is 18.4 Å². The molecule has 4 heteroatoms. The lowest BCUT2D eigenvalue weighted by atomic mass is 10.0. The van der Waals surface area contributed by atoms with Crippen LogP contribution < -0.4 is 4.74 Å². The molecule has 0 amide bonds. The zero-order valence-corrected chi connectivity index (χ0v) is 13.4. The molecule has 1 aromatic heterocycles. The number of ether oxygens (including phenoxy) is 1. The number of thiophene rings is 1. The monoisotopic (exact) mass is 340 g/mol. The number of aliphatic hydroxyl groups excluding tert-OH is 1. The van der Waals surface area contributed by atoms with Gasteiger partial charge in [0, 0.05) is 15.8 Å². The van der Waals surface area contributed by atoms with Gasteiger partial charge in [-0.3, -0.25) is 0 Å². The number of rotatable bonds is 5. The summed E-state index contributed by atoms with van der Waals surface area (Å²) in [6, 6.07) is 7.91. The van der Waals surface area contributed by atoms with E-state index in [0.717, 1.165) is 27.1 Å². The summed E-state index contributed by atoms with van der Waals surface area (Å²) in [5.41, 5.74) is 2.29. The van der Waals surface area contributed by atoms with E-state index in [9.17, 15) is 5.11 Å². The lowest BCUT2D eigenvalue weighted by Gasteiger charge is -2.13. The maximum absolute atomic E-state index is 10.4. The number of methoxy groups -OCH3 is 1. The molecule has 0 aliphatic carbocycles. The van der Waals surface area contributed by atoms with E-state index >= 15 is 0 Å². The highest BCUT2D eigenvalue weighted by molar-refractivity contribution is 9.10. The van der Waals surface area contributed by atoms with E-state index in [-0.39, 0.29) is 0 Å². The molecule has 0 fully saturated rings. The summed E-state index contributed by atoms with van der Waals surface area (Å²) < 4.78 is 6.23. The Kier molecular flexibility index (Phi) is 5.02. The minimum atomic E-state index is -0.460. The van der Waals surface area contributed by atoms with E-state index in [1.165, 1.54) is 5.56 Å². The molecular weight excluding hydrogens is 324 g/mol. The predicted molar refractivity (Wildman–Crippen MR) is 83.1 cm³/mol. The molecule has 1 aromatic carbocycles. The Morgan fingerprint density at radius 2 is 2.11 bits per heavy atom. The largest absolute Gasteiger partial charge is 0.497 e. The zero-order valence-electron chi connectivity index (χ0n) is 11.0. The highest BCUT2D eigenvalue weighted by Gasteiger charge is 2.15. The van der Waals surface area contributed by atoms with Gasteiger partial charge in [0.05, 0.1) is 13.2 Å². The van der Waals surface area contributed by atoms with Crippen LogP contribution in [0.1, 0.15) is 29.0 Å². The van der Waals surface area contributed by atoms with Crippen LogP contribution in [0.2, 0.25) is 0 Å². The number of aryl methyl sites for hydroxylation is 1. The lowest BCUT2D eigenvalue weighted by Crippen LogP contribution is -2.03. The fourth-order valence-corrected chi connectivity index (χ4v) is 3.46. The number of benzene rings is 1. The Morgan fingerprint density at radius 1 is 1.32 bits per heavy atom. The number of halogens is 1. The normalized spacial score (nSPS) is 12.4. The van der Waals surface area contributed by atoms with Crippen LogP contribution in [0.5, 0.6) is 5.75 Å². The van der Waals surface area contributed by atoms with Gasteiger partial charge in [-0.05, 0) is 47.2 Å². The molecule has 1 atom stereocenters. The molecule has 0 radical (unpaired) electrons. The maximum atomic E-state index is 10.4. The van der Waals surface area contributed by atoms with Crippen molar-refractivity contribution in [1.29, 1.82) is 0 Å². The van der Waals surface area contributed by atoms with Gasteiger partial charge >= 0.3 is 0 Å². The van der Waals surface area contributed by atoms with Crippen LogP contribution in [0.25, 0.3) is 0 Å². The number of hydrogen-bond donors (Lipinski definition) is 1. The van der Waals surface area contributed by atoms with Crippen LogP contribution in [-0.4, -0.2) is 12.2 Å². The molecule has 0 saturated heterocycles. The average molecular weight is 341 g/mol. The molecule has 0 aliphatic rings. The van der Waals surface area contributed by atoms with E-state index < -0.39 is 6.10 Å². The van der Waals surface area contributed by atoms with E-state index in [4.69, 9.17) is 4.74 Å². The highest BCUT2D eigenvalue weighted by Crippen LogP contribution is 2.31. The quantitative estimate of drug-likeness (QED) is 0.876. The molecule has 19 heavy (non-hydrogen) atoms. The van der Waals surface area contributed by atoms with Crippen LogP contribution in [0, 0.1) is 0 Å². The SMILES string of the molecule is CCc1ccsc1C(O)Cc1cc(OC)ccc1Br. The summed E-state index contributed by atoms with van der Waals surface area (Å²) in [4.78, 5) is 1.07. The van der Waals surface area contributed by atoms with E-state index in [2.05, 4.69) is 28.9 Å². The molecule has 2 aromatic rings. The fourth-order valence-electron chi connectivity index (χ4n) is 2.07. The van der Waals surface area contributed by atoms with Crippen molar-refractivity contribution in [2.24, 2.45) is 0 Å². The van der Waals surface area contributed by atoms with Gasteiger partial charge in [0.2, 0.25) is 0 Å². The van der Waals surface area contributed by atoms with Gasteiger partial charge in [0.1, 0.15) is 5.75 Å². The molecule has 0 aliphatic heterocycles. The standard InChI is InChI=1S/C15H17BrO2S/c1-3-10-6-7-19-15(10)14(17)9-11-8-12(18-2)4-5-13(11)16/h4-8,14,17H,3,9H2,1-2H3. The summed E-state index contributed by atoms with van der Waals surface area (Å²) in [7, 11) is 1.65. The van der Waals surface area contributed by atoms with Crippen molar-refractivity contribution in [2.45, 2.75) is 25.9 Å². The molecular formula is C15H17BrO2S. The topological polar surface area (TPSA) is 29.5 Å². The molecule has 0 saturated carbocycles. The second kappa shape index (κ2) is 6.55. The Labute approximate surface area is 126 Å². The van der Waals surface area contributed by atoms with Gasteiger partial charge in [-0.2, -0.15) is 0 Å². The first-order valence-corrected chi connectivity index (χ1v) is 7.89. The van der Waals surface area contributed by atoms with Crippen LogP contribution in [0.4, 0.5) is 0 Å². The maximum Gasteiger partial charge on any atom is 0.119 e. The van der Waals surface area contributed by atoms with Gasteiger partial charge in [-0.15, -0.1) is 11.3 Å². The first-order chi connectivity index (χ1) is 9.15. The van der Waals surface area contributed by atoms with Crippen molar-refractivity contribution in [3.63, 3.8) is 0 Å². The van der Waals surface area contributed by atoms with Gasteiger partial charge < -0.3 is 9.84 Å². The highest BCUT2D eigenvalue weighted by atomic mass is 79.9. The molecule has 1 unspecified atom stereocenters. The Hall–Kier alpha value is -0.840. The second-order valence-corrected chi connectivity index (χ2v) is 6.14. The molecule has 102 valence electrons. The molecule has 0 spiro atoms. The summed E-state index contributed by atoms with van der Waals surface area (Å²) in [6.07, 6.45) is 1.08. The Balaban J connectivity index is 2.21. The lowest BCUT2D eigenvalue weighted by molar-refractivity contribution is 0.181. The van der Waals surface area contributed by atoms with Crippen molar-refractivity contribution < 1.29 is 9.84 Å². The van der Waals surface area contributed by atoms with Crippen LogP contribution in [0.3, 0.4) is 0 Å². The predicted octanol–water partition coefficient (Wildman–Crippen LogP) is 4.36. The first kappa shape index (κ1) is 14.6. The van der Waals surface area contributed by atoms with Crippen LogP contribution in [-0.2, 0) is 12.8 Å². The molecule has 2 rings (SSSR count). The van der Waals surface area contributed by atoms with E-state index in [0.29, 0.717) is 6.42 Å². The third-order valence-corrected chi connectivity index (χ3v) is 4.96. The third-order valence-electron chi connectivity index (χ3n) is 3.13. The van der Waals surface area contributed by atoms with E-state index in [1.807, 2.05) is 23.6 Å². The van der Waals surface area contributed by atoms with Crippen LogP contribution in [0.15, 0.2) is 34.1 Å². The van der Waals surface area contributed by atoms with Gasteiger partial charge in [0.25, 0.3) is 0 Å². The van der Waals surface area contributed by atoms with Gasteiger partial charge in [-0.1, -0.05) is 22.9 Å². The molecule has 1 heterocycles. The zero-order chi connectivity index (χ0) is 13.8. The molecule has 2 nitrogen and oxygen atoms in total. The Bertz CT molecular complexity index is 551. The third kappa shape index (κ3) is 3.38. The van der Waals surface area contributed by atoms with Gasteiger partial charge in [-0.25, -0.2) is 0 Å². The molecule has 0 bridgehead atoms. The van der Waals surface area contributed by atoms with Gasteiger partial charge in [0.15, 0.2) is 0 Å². The first-order valence-electron chi connectivity index (χ1n) is 6.22. The van der Waals surface area contributed by atoms with Crippen LogP contribution >= 0.6 is 27.3 Å².